The topological polar surface area (TPSA) is 61.9 Å². The van der Waals surface area contributed by atoms with E-state index in [4.69, 9.17) is 4.74 Å². The normalized spacial score (nSPS) is 12.8. The third kappa shape index (κ3) is 3.91. The highest BCUT2D eigenvalue weighted by Crippen LogP contribution is 2.32. The predicted octanol–water partition coefficient (Wildman–Crippen LogP) is 2.59. The molecule has 0 saturated carbocycles. The van der Waals surface area contributed by atoms with Gasteiger partial charge in [-0.15, -0.1) is 0 Å². The van der Waals surface area contributed by atoms with Gasteiger partial charge in [-0.25, -0.2) is 4.79 Å². The molecule has 0 spiro atoms. The number of amides is 3. The lowest BCUT2D eigenvalue weighted by Gasteiger charge is -2.28. The van der Waals surface area contributed by atoms with E-state index in [9.17, 15) is 9.59 Å². The molecule has 3 rings (SSSR count). The first-order valence-corrected chi connectivity index (χ1v) is 8.11. The number of nitrogens with one attached hydrogen (secondary N) is 1. The smallest absolute Gasteiger partial charge is 0.317 e. The monoisotopic (exact) mass is 339 g/mol. The van der Waals surface area contributed by atoms with Crippen LogP contribution in [-0.2, 0) is 17.9 Å². The minimum Gasteiger partial charge on any atom is -0.457 e. The Bertz CT molecular complexity index is 741. The van der Waals surface area contributed by atoms with Gasteiger partial charge in [0.05, 0.1) is 6.54 Å². The molecule has 6 nitrogen and oxygen atoms in total. The van der Waals surface area contributed by atoms with Crippen molar-refractivity contribution in [2.24, 2.45) is 0 Å². The highest BCUT2D eigenvalue weighted by molar-refractivity contribution is 5.84. The quantitative estimate of drug-likeness (QED) is 0.915. The van der Waals surface area contributed by atoms with Gasteiger partial charge in [-0.3, -0.25) is 4.79 Å². The van der Waals surface area contributed by atoms with Crippen molar-refractivity contribution in [3.05, 3.63) is 59.7 Å². The van der Waals surface area contributed by atoms with Gasteiger partial charge in [-0.2, -0.15) is 0 Å². The van der Waals surface area contributed by atoms with Gasteiger partial charge in [0.25, 0.3) is 0 Å². The fourth-order valence-electron chi connectivity index (χ4n) is 2.65. The molecular weight excluding hydrogens is 318 g/mol. The van der Waals surface area contributed by atoms with E-state index in [2.05, 4.69) is 5.32 Å². The SMILES string of the molecule is CN(C)C(=O)NCC(=O)N1Cc2ccccc2Oc2ccccc2C1. The van der Waals surface area contributed by atoms with Crippen LogP contribution >= 0.6 is 0 Å². The molecule has 0 fully saturated rings. The van der Waals surface area contributed by atoms with Gasteiger partial charge >= 0.3 is 6.03 Å². The van der Waals surface area contributed by atoms with E-state index in [1.54, 1.807) is 19.0 Å². The Morgan fingerprint density at radius 3 is 2.04 bits per heavy atom. The molecule has 1 N–H and O–H groups in total. The molecular formula is C19H21N3O3. The van der Waals surface area contributed by atoms with Crippen LogP contribution in [0.1, 0.15) is 11.1 Å². The van der Waals surface area contributed by atoms with E-state index in [0.717, 1.165) is 22.6 Å². The van der Waals surface area contributed by atoms with Gasteiger partial charge in [0.15, 0.2) is 0 Å². The first kappa shape index (κ1) is 16.8. The zero-order valence-electron chi connectivity index (χ0n) is 14.4. The number of para-hydroxylation sites is 2. The minimum absolute atomic E-state index is 0.0395. The number of urea groups is 1. The number of benzene rings is 2. The summed E-state index contributed by atoms with van der Waals surface area (Å²) < 4.78 is 6.03. The average molecular weight is 339 g/mol. The molecule has 0 aromatic heterocycles. The first-order valence-electron chi connectivity index (χ1n) is 8.11. The van der Waals surface area contributed by atoms with Crippen molar-refractivity contribution in [3.8, 4) is 11.5 Å². The van der Waals surface area contributed by atoms with Gasteiger partial charge in [0.2, 0.25) is 5.91 Å². The Kier molecular flexibility index (Phi) is 4.88. The Hall–Kier alpha value is -3.02. The molecule has 0 saturated heterocycles. The fourth-order valence-corrected chi connectivity index (χ4v) is 2.65. The second kappa shape index (κ2) is 7.25. The van der Waals surface area contributed by atoms with Gasteiger partial charge < -0.3 is 19.9 Å². The van der Waals surface area contributed by atoms with Crippen molar-refractivity contribution in [2.75, 3.05) is 20.6 Å². The molecule has 25 heavy (non-hydrogen) atoms. The standard InChI is InChI=1S/C19H21N3O3/c1-21(2)19(24)20-11-18(23)22-12-14-7-3-5-9-16(14)25-17-10-6-4-8-15(17)13-22/h3-10H,11-13H2,1-2H3,(H,20,24). The number of carbonyl (C=O) groups excluding carboxylic acids is 2. The summed E-state index contributed by atoms with van der Waals surface area (Å²) in [5.74, 6) is 1.34. The molecule has 130 valence electrons. The first-order chi connectivity index (χ1) is 12.0. The number of fused-ring (bicyclic) bond motifs is 2. The number of hydrogen-bond acceptors (Lipinski definition) is 3. The molecule has 6 heteroatoms. The number of hydrogen-bond donors (Lipinski definition) is 1. The zero-order valence-corrected chi connectivity index (χ0v) is 14.4. The number of nitrogens with zero attached hydrogens (tertiary/aromatic N) is 2. The maximum atomic E-state index is 12.7. The van der Waals surface area contributed by atoms with Crippen LogP contribution in [0.15, 0.2) is 48.5 Å². The lowest BCUT2D eigenvalue weighted by atomic mass is 10.1. The highest BCUT2D eigenvalue weighted by Gasteiger charge is 2.22. The summed E-state index contributed by atoms with van der Waals surface area (Å²) in [6.07, 6.45) is 0. The molecule has 0 radical (unpaired) electrons. The Morgan fingerprint density at radius 1 is 1.00 bits per heavy atom. The van der Waals surface area contributed by atoms with Crippen molar-refractivity contribution >= 4 is 11.9 Å². The zero-order chi connectivity index (χ0) is 17.8. The Morgan fingerprint density at radius 2 is 1.52 bits per heavy atom. The highest BCUT2D eigenvalue weighted by atomic mass is 16.5. The van der Waals surface area contributed by atoms with Crippen LogP contribution in [0, 0.1) is 0 Å². The van der Waals surface area contributed by atoms with Gasteiger partial charge in [-0.1, -0.05) is 36.4 Å². The van der Waals surface area contributed by atoms with Crippen molar-refractivity contribution in [2.45, 2.75) is 13.1 Å². The van der Waals surface area contributed by atoms with Gasteiger partial charge in [0.1, 0.15) is 11.5 Å². The van der Waals surface area contributed by atoms with E-state index in [0.29, 0.717) is 13.1 Å². The van der Waals surface area contributed by atoms with Crippen LogP contribution in [0.3, 0.4) is 0 Å². The fraction of sp³-hybridized carbons (Fsp3) is 0.263. The van der Waals surface area contributed by atoms with E-state index >= 15 is 0 Å². The summed E-state index contributed by atoms with van der Waals surface area (Å²) in [6.45, 7) is 0.824. The van der Waals surface area contributed by atoms with E-state index in [-0.39, 0.29) is 18.5 Å². The predicted molar refractivity (Wildman–Crippen MR) is 94.3 cm³/mol. The molecule has 1 aliphatic rings. The molecule has 1 heterocycles. The second-order valence-corrected chi connectivity index (χ2v) is 6.12. The molecule has 0 aliphatic carbocycles. The van der Waals surface area contributed by atoms with Crippen LogP contribution in [0.2, 0.25) is 0 Å². The summed E-state index contributed by atoms with van der Waals surface area (Å²) in [5.41, 5.74) is 1.87. The van der Waals surface area contributed by atoms with Crippen molar-refractivity contribution in [1.29, 1.82) is 0 Å². The summed E-state index contributed by atoms with van der Waals surface area (Å²) >= 11 is 0. The lowest BCUT2D eigenvalue weighted by Crippen LogP contribution is -2.43. The van der Waals surface area contributed by atoms with Crippen molar-refractivity contribution < 1.29 is 14.3 Å². The summed E-state index contributed by atoms with van der Waals surface area (Å²) in [5, 5.41) is 2.63. The van der Waals surface area contributed by atoms with Gasteiger partial charge in [0, 0.05) is 38.3 Å². The molecule has 2 aromatic carbocycles. The van der Waals surface area contributed by atoms with E-state index < -0.39 is 0 Å². The number of carbonyl (C=O) groups is 2. The number of ether oxygens (including phenoxy) is 1. The summed E-state index contributed by atoms with van der Waals surface area (Å²) in [7, 11) is 3.28. The molecule has 3 amide bonds. The van der Waals surface area contributed by atoms with Crippen LogP contribution < -0.4 is 10.1 Å². The number of rotatable bonds is 2. The largest absolute Gasteiger partial charge is 0.457 e. The van der Waals surface area contributed by atoms with Crippen LogP contribution in [0.5, 0.6) is 11.5 Å². The Balaban J connectivity index is 1.85. The van der Waals surface area contributed by atoms with E-state index in [1.807, 2.05) is 48.5 Å². The average Bonchev–Trinajstić information content (AvgIpc) is 2.59. The maximum Gasteiger partial charge on any atom is 0.317 e. The van der Waals surface area contributed by atoms with Crippen LogP contribution in [-0.4, -0.2) is 42.4 Å². The molecule has 0 bridgehead atoms. The second-order valence-electron chi connectivity index (χ2n) is 6.12. The Labute approximate surface area is 147 Å². The molecule has 2 aromatic rings. The molecule has 0 unspecified atom stereocenters. The summed E-state index contributed by atoms with van der Waals surface area (Å²) in [6, 6.07) is 15.1. The van der Waals surface area contributed by atoms with Gasteiger partial charge in [-0.05, 0) is 12.1 Å². The summed E-state index contributed by atoms with van der Waals surface area (Å²) in [4.78, 5) is 27.5. The molecule has 1 aliphatic heterocycles. The van der Waals surface area contributed by atoms with Crippen molar-refractivity contribution in [3.63, 3.8) is 0 Å². The third-order valence-electron chi connectivity index (χ3n) is 4.04. The van der Waals surface area contributed by atoms with Crippen LogP contribution in [0.4, 0.5) is 4.79 Å². The lowest BCUT2D eigenvalue weighted by molar-refractivity contribution is -0.131. The maximum absolute atomic E-state index is 12.7. The van der Waals surface area contributed by atoms with Crippen molar-refractivity contribution in [1.82, 2.24) is 15.1 Å². The minimum atomic E-state index is -0.287. The van der Waals surface area contributed by atoms with Crippen LogP contribution in [0.25, 0.3) is 0 Å². The van der Waals surface area contributed by atoms with E-state index in [1.165, 1.54) is 4.90 Å². The molecule has 0 atom stereocenters. The third-order valence-corrected chi connectivity index (χ3v) is 4.04.